The molecule has 0 radical (unpaired) electrons. The molecule has 2 aromatic rings. The zero-order valence-electron chi connectivity index (χ0n) is 12.2. The first kappa shape index (κ1) is 15.0. The summed E-state index contributed by atoms with van der Waals surface area (Å²) in [5, 5.41) is 3.04. The number of aryl methyl sites for hydroxylation is 1. The fourth-order valence-electron chi connectivity index (χ4n) is 2.09. The van der Waals surface area contributed by atoms with Crippen LogP contribution in [0.2, 0.25) is 0 Å². The lowest BCUT2D eigenvalue weighted by Gasteiger charge is -2.12. The molecule has 0 saturated heterocycles. The summed E-state index contributed by atoms with van der Waals surface area (Å²) in [4.78, 5) is 11.5. The average Bonchev–Trinajstić information content (AvgIpc) is 2.45. The Balaban J connectivity index is 1.94. The van der Waals surface area contributed by atoms with Gasteiger partial charge in [-0.25, -0.2) is 4.39 Å². The number of carbonyl (C=O) groups is 1. The Morgan fingerprint density at radius 1 is 1.19 bits per heavy atom. The van der Waals surface area contributed by atoms with Crippen molar-refractivity contribution in [3.05, 3.63) is 59.4 Å². The van der Waals surface area contributed by atoms with Crippen LogP contribution in [0, 0.1) is 12.7 Å². The summed E-state index contributed by atoms with van der Waals surface area (Å²) in [5.41, 5.74) is 1.65. The highest BCUT2D eigenvalue weighted by Gasteiger charge is 2.12. The Labute approximate surface area is 123 Å². The largest absolute Gasteiger partial charge is 0.491 e. The first-order valence-corrected chi connectivity index (χ1v) is 6.81. The molecule has 0 amide bonds. The number of halogens is 1. The van der Waals surface area contributed by atoms with E-state index in [1.807, 2.05) is 31.2 Å². The van der Waals surface area contributed by atoms with E-state index in [-0.39, 0.29) is 11.3 Å². The van der Waals surface area contributed by atoms with Crippen molar-refractivity contribution in [1.29, 1.82) is 0 Å². The van der Waals surface area contributed by atoms with Gasteiger partial charge in [-0.05, 0) is 37.6 Å². The molecule has 0 spiro atoms. The van der Waals surface area contributed by atoms with Gasteiger partial charge >= 0.3 is 0 Å². The standard InChI is InChI=1S/C17H18FNO2/c1-12-6-3-4-9-16(12)21-11-10-19-15-8-5-7-14(18)17(15)13(2)20/h3-9,19H,10-11H2,1-2H3. The Morgan fingerprint density at radius 3 is 2.67 bits per heavy atom. The van der Waals surface area contributed by atoms with Crippen LogP contribution in [0.15, 0.2) is 42.5 Å². The maximum atomic E-state index is 13.6. The molecule has 0 unspecified atom stereocenters. The van der Waals surface area contributed by atoms with Crippen LogP contribution < -0.4 is 10.1 Å². The van der Waals surface area contributed by atoms with Gasteiger partial charge in [-0.1, -0.05) is 24.3 Å². The number of hydrogen-bond donors (Lipinski definition) is 1. The minimum absolute atomic E-state index is 0.0911. The second kappa shape index (κ2) is 6.88. The summed E-state index contributed by atoms with van der Waals surface area (Å²) in [5.74, 6) is 0.0214. The predicted octanol–water partition coefficient (Wildman–Crippen LogP) is 3.83. The van der Waals surface area contributed by atoms with Crippen LogP contribution in [0.5, 0.6) is 5.75 Å². The lowest BCUT2D eigenvalue weighted by Crippen LogP contribution is -2.14. The van der Waals surface area contributed by atoms with Crippen molar-refractivity contribution in [3.63, 3.8) is 0 Å². The van der Waals surface area contributed by atoms with Crippen LogP contribution in [0.3, 0.4) is 0 Å². The summed E-state index contributed by atoms with van der Waals surface area (Å²) in [6.07, 6.45) is 0. The fraction of sp³-hybridized carbons (Fsp3) is 0.235. The third-order valence-electron chi connectivity index (χ3n) is 3.13. The third kappa shape index (κ3) is 3.81. The molecule has 0 aliphatic heterocycles. The van der Waals surface area contributed by atoms with Gasteiger partial charge in [0, 0.05) is 12.2 Å². The topological polar surface area (TPSA) is 38.3 Å². The molecular weight excluding hydrogens is 269 g/mol. The molecule has 0 atom stereocenters. The molecule has 3 nitrogen and oxygen atoms in total. The molecule has 0 heterocycles. The summed E-state index contributed by atoms with van der Waals surface area (Å²) in [6.45, 7) is 4.24. The van der Waals surface area contributed by atoms with Crippen molar-refractivity contribution in [2.45, 2.75) is 13.8 Å². The quantitative estimate of drug-likeness (QED) is 0.648. The van der Waals surface area contributed by atoms with Crippen LogP contribution in [-0.2, 0) is 0 Å². The van der Waals surface area contributed by atoms with E-state index in [2.05, 4.69) is 5.32 Å². The van der Waals surface area contributed by atoms with E-state index in [4.69, 9.17) is 4.74 Å². The molecule has 0 aliphatic carbocycles. The summed E-state index contributed by atoms with van der Waals surface area (Å²) < 4.78 is 19.3. The van der Waals surface area contributed by atoms with E-state index in [0.717, 1.165) is 11.3 Å². The number of ketones is 1. The van der Waals surface area contributed by atoms with Gasteiger partial charge in [-0.3, -0.25) is 4.79 Å². The molecule has 0 fully saturated rings. The molecule has 1 N–H and O–H groups in total. The zero-order valence-corrected chi connectivity index (χ0v) is 12.2. The third-order valence-corrected chi connectivity index (χ3v) is 3.13. The van der Waals surface area contributed by atoms with Crippen LogP contribution in [0.4, 0.5) is 10.1 Å². The van der Waals surface area contributed by atoms with Gasteiger partial charge in [0.2, 0.25) is 0 Å². The molecule has 0 saturated carbocycles. The molecule has 2 aromatic carbocycles. The molecule has 0 bridgehead atoms. The molecule has 110 valence electrons. The van der Waals surface area contributed by atoms with Gasteiger partial charge in [-0.15, -0.1) is 0 Å². The van der Waals surface area contributed by atoms with Crippen LogP contribution in [0.25, 0.3) is 0 Å². The highest BCUT2D eigenvalue weighted by Crippen LogP contribution is 2.20. The number of Topliss-reactive ketones (excluding diaryl/α,β-unsaturated/α-hetero) is 1. The molecule has 21 heavy (non-hydrogen) atoms. The smallest absolute Gasteiger partial charge is 0.164 e. The van der Waals surface area contributed by atoms with Crippen molar-refractivity contribution in [2.24, 2.45) is 0 Å². The molecule has 0 aromatic heterocycles. The first-order valence-electron chi connectivity index (χ1n) is 6.81. The number of para-hydroxylation sites is 1. The minimum Gasteiger partial charge on any atom is -0.491 e. The molecule has 4 heteroatoms. The lowest BCUT2D eigenvalue weighted by molar-refractivity contribution is 0.101. The number of benzene rings is 2. The molecular formula is C17H18FNO2. The number of anilines is 1. The van der Waals surface area contributed by atoms with Gasteiger partial charge in [-0.2, -0.15) is 0 Å². The van der Waals surface area contributed by atoms with E-state index in [0.29, 0.717) is 18.8 Å². The Kier molecular flexibility index (Phi) is 4.93. The molecule has 2 rings (SSSR count). The zero-order chi connectivity index (χ0) is 15.2. The minimum atomic E-state index is -0.507. The van der Waals surface area contributed by atoms with Gasteiger partial charge in [0.15, 0.2) is 5.78 Å². The normalized spacial score (nSPS) is 10.2. The van der Waals surface area contributed by atoms with Crippen molar-refractivity contribution in [2.75, 3.05) is 18.5 Å². The lowest BCUT2D eigenvalue weighted by atomic mass is 10.1. The van der Waals surface area contributed by atoms with Crippen LogP contribution in [0.1, 0.15) is 22.8 Å². The second-order valence-corrected chi connectivity index (χ2v) is 4.76. The van der Waals surface area contributed by atoms with Crippen molar-refractivity contribution in [1.82, 2.24) is 0 Å². The van der Waals surface area contributed by atoms with Gasteiger partial charge < -0.3 is 10.1 Å². The van der Waals surface area contributed by atoms with E-state index in [1.165, 1.54) is 13.0 Å². The Bertz CT molecular complexity index is 640. The monoisotopic (exact) mass is 287 g/mol. The highest BCUT2D eigenvalue weighted by atomic mass is 19.1. The number of carbonyl (C=O) groups excluding carboxylic acids is 1. The van der Waals surface area contributed by atoms with Gasteiger partial charge in [0.1, 0.15) is 18.2 Å². The summed E-state index contributed by atoms with van der Waals surface area (Å²) >= 11 is 0. The van der Waals surface area contributed by atoms with E-state index < -0.39 is 5.82 Å². The van der Waals surface area contributed by atoms with E-state index in [9.17, 15) is 9.18 Å². The van der Waals surface area contributed by atoms with Crippen molar-refractivity contribution < 1.29 is 13.9 Å². The maximum absolute atomic E-state index is 13.6. The van der Waals surface area contributed by atoms with Gasteiger partial charge in [0.25, 0.3) is 0 Å². The van der Waals surface area contributed by atoms with Crippen molar-refractivity contribution >= 4 is 11.5 Å². The number of nitrogens with one attached hydrogen (secondary N) is 1. The van der Waals surface area contributed by atoms with Crippen molar-refractivity contribution in [3.8, 4) is 5.75 Å². The second-order valence-electron chi connectivity index (χ2n) is 4.76. The molecule has 0 aliphatic rings. The maximum Gasteiger partial charge on any atom is 0.164 e. The highest BCUT2D eigenvalue weighted by molar-refractivity contribution is 5.99. The number of hydrogen-bond acceptors (Lipinski definition) is 3. The van der Waals surface area contributed by atoms with Crippen LogP contribution >= 0.6 is 0 Å². The van der Waals surface area contributed by atoms with E-state index >= 15 is 0 Å². The van der Waals surface area contributed by atoms with Crippen LogP contribution in [-0.4, -0.2) is 18.9 Å². The summed E-state index contributed by atoms with van der Waals surface area (Å²) in [7, 11) is 0. The predicted molar refractivity (Wildman–Crippen MR) is 81.6 cm³/mol. The summed E-state index contributed by atoms with van der Waals surface area (Å²) in [6, 6.07) is 12.3. The fourth-order valence-corrected chi connectivity index (χ4v) is 2.09. The first-order chi connectivity index (χ1) is 10.1. The Hall–Kier alpha value is -2.36. The number of ether oxygens (including phenoxy) is 1. The Morgan fingerprint density at radius 2 is 1.95 bits per heavy atom. The number of rotatable bonds is 6. The van der Waals surface area contributed by atoms with E-state index in [1.54, 1.807) is 12.1 Å². The SMILES string of the molecule is CC(=O)c1c(F)cccc1NCCOc1ccccc1C. The average molecular weight is 287 g/mol. The van der Waals surface area contributed by atoms with Gasteiger partial charge in [0.05, 0.1) is 5.56 Å².